The second-order valence-electron chi connectivity index (χ2n) is 3.11. The zero-order chi connectivity index (χ0) is 12.1. The maximum Gasteiger partial charge on any atom is 0.321 e. The molecule has 2 atom stereocenters. The Morgan fingerprint density at radius 3 is 2.44 bits per heavy atom. The maximum atomic E-state index is 11.5. The van der Waals surface area contributed by atoms with Crippen molar-refractivity contribution in [2.24, 2.45) is 0 Å². The van der Waals surface area contributed by atoms with Gasteiger partial charge in [-0.25, -0.2) is 0 Å². The van der Waals surface area contributed by atoms with Crippen LogP contribution in [0.5, 0.6) is 0 Å². The Balaban J connectivity index is 2.73. The lowest BCUT2D eigenvalue weighted by Gasteiger charge is -2.15. The van der Waals surface area contributed by atoms with Gasteiger partial charge in [0.15, 0.2) is 0 Å². The van der Waals surface area contributed by atoms with Crippen molar-refractivity contribution in [1.82, 2.24) is 0 Å². The molecule has 0 fully saturated rings. The van der Waals surface area contributed by atoms with Crippen LogP contribution in [-0.2, 0) is 9.53 Å². The van der Waals surface area contributed by atoms with Crippen molar-refractivity contribution in [1.29, 1.82) is 0 Å². The Kier molecular flexibility index (Phi) is 5.79. The van der Waals surface area contributed by atoms with Crippen molar-refractivity contribution in [3.8, 4) is 0 Å². The van der Waals surface area contributed by atoms with Gasteiger partial charge >= 0.3 is 5.97 Å². The third-order valence-corrected chi connectivity index (χ3v) is 4.88. The Labute approximate surface area is 117 Å². The number of benzene rings is 1. The summed E-state index contributed by atoms with van der Waals surface area (Å²) in [5.74, 6) is -0.278. The van der Waals surface area contributed by atoms with Gasteiger partial charge in [0.25, 0.3) is 0 Å². The van der Waals surface area contributed by atoms with E-state index in [1.54, 1.807) is 19.1 Å². The molecule has 2 unspecified atom stereocenters. The van der Waals surface area contributed by atoms with Crippen LogP contribution in [0.25, 0.3) is 0 Å². The van der Waals surface area contributed by atoms with Crippen molar-refractivity contribution >= 4 is 49.4 Å². The van der Waals surface area contributed by atoms with Crippen LogP contribution >= 0.6 is 43.5 Å². The summed E-state index contributed by atoms with van der Waals surface area (Å²) in [7, 11) is 0. The third-order valence-electron chi connectivity index (χ3n) is 1.96. The summed E-state index contributed by atoms with van der Waals surface area (Å²) in [6.07, 6.45) is 0. The van der Waals surface area contributed by atoms with Crippen molar-refractivity contribution in [3.63, 3.8) is 0 Å². The van der Waals surface area contributed by atoms with Crippen molar-refractivity contribution in [2.45, 2.75) is 16.6 Å². The highest BCUT2D eigenvalue weighted by atomic mass is 79.9. The molecule has 0 saturated carbocycles. The Morgan fingerprint density at radius 2 is 1.94 bits per heavy atom. The summed E-state index contributed by atoms with van der Waals surface area (Å²) in [5.41, 5.74) is 0.972. The maximum absolute atomic E-state index is 11.5. The molecular formula is C11H11Br2ClO2. The number of esters is 1. The lowest BCUT2D eigenvalue weighted by Crippen LogP contribution is -2.21. The van der Waals surface area contributed by atoms with Crippen LogP contribution in [0.2, 0.25) is 5.02 Å². The molecule has 2 nitrogen and oxygen atoms in total. The van der Waals surface area contributed by atoms with E-state index in [9.17, 15) is 4.79 Å². The number of halogens is 3. The molecule has 0 aliphatic rings. The molecule has 88 valence electrons. The van der Waals surface area contributed by atoms with E-state index in [2.05, 4.69) is 31.9 Å². The first kappa shape index (κ1) is 14.0. The van der Waals surface area contributed by atoms with Gasteiger partial charge in [0, 0.05) is 5.02 Å². The minimum atomic E-state index is -0.409. The zero-order valence-corrected chi connectivity index (χ0v) is 12.5. The SMILES string of the molecule is CCOC(=O)C(Br)C(Br)c1ccc(Cl)cc1. The van der Waals surface area contributed by atoms with Crippen LogP contribution in [0.1, 0.15) is 17.3 Å². The molecule has 0 spiro atoms. The molecule has 1 aromatic rings. The lowest BCUT2D eigenvalue weighted by molar-refractivity contribution is -0.142. The van der Waals surface area contributed by atoms with Gasteiger partial charge in [0.05, 0.1) is 11.4 Å². The van der Waals surface area contributed by atoms with E-state index < -0.39 is 4.83 Å². The molecule has 0 aliphatic heterocycles. The minimum absolute atomic E-state index is 0.135. The van der Waals surface area contributed by atoms with E-state index in [1.807, 2.05) is 12.1 Å². The molecule has 1 rings (SSSR count). The quantitative estimate of drug-likeness (QED) is 0.589. The lowest BCUT2D eigenvalue weighted by atomic mass is 10.1. The van der Waals surface area contributed by atoms with E-state index in [-0.39, 0.29) is 10.8 Å². The second-order valence-corrected chi connectivity index (χ2v) is 5.52. The standard InChI is InChI=1S/C11H11Br2ClO2/c1-2-16-11(15)10(13)9(12)7-3-5-8(14)6-4-7/h3-6,9-10H,2H2,1H3. The molecule has 0 bridgehead atoms. The summed E-state index contributed by atoms with van der Waals surface area (Å²) >= 11 is 12.6. The third kappa shape index (κ3) is 3.75. The molecule has 0 amide bonds. The first-order chi connectivity index (χ1) is 7.56. The van der Waals surface area contributed by atoms with Crippen LogP contribution in [-0.4, -0.2) is 17.4 Å². The average molecular weight is 370 g/mol. The number of alkyl halides is 2. The average Bonchev–Trinajstić information content (AvgIpc) is 2.28. The molecule has 16 heavy (non-hydrogen) atoms. The van der Waals surface area contributed by atoms with Crippen molar-refractivity contribution < 1.29 is 9.53 Å². The van der Waals surface area contributed by atoms with Crippen LogP contribution in [0, 0.1) is 0 Å². The molecule has 5 heteroatoms. The minimum Gasteiger partial charge on any atom is -0.465 e. The van der Waals surface area contributed by atoms with Gasteiger partial charge in [0.1, 0.15) is 4.83 Å². The predicted octanol–water partition coefficient (Wildman–Crippen LogP) is 4.10. The number of hydrogen-bond donors (Lipinski definition) is 0. The van der Waals surface area contributed by atoms with Gasteiger partial charge in [-0.15, -0.1) is 0 Å². The highest BCUT2D eigenvalue weighted by Crippen LogP contribution is 2.32. The van der Waals surface area contributed by atoms with Gasteiger partial charge in [-0.05, 0) is 24.6 Å². The first-order valence-electron chi connectivity index (χ1n) is 4.76. The Hall–Kier alpha value is -0.0600. The Bertz CT molecular complexity index is 354. The van der Waals surface area contributed by atoms with Crippen molar-refractivity contribution in [2.75, 3.05) is 6.61 Å². The Morgan fingerprint density at radius 1 is 1.38 bits per heavy atom. The van der Waals surface area contributed by atoms with E-state index in [4.69, 9.17) is 16.3 Å². The second kappa shape index (κ2) is 6.62. The smallest absolute Gasteiger partial charge is 0.321 e. The molecule has 0 heterocycles. The number of hydrogen-bond acceptors (Lipinski definition) is 2. The van der Waals surface area contributed by atoms with Crippen LogP contribution < -0.4 is 0 Å². The highest BCUT2D eigenvalue weighted by Gasteiger charge is 2.25. The molecule has 0 aromatic heterocycles. The van der Waals surface area contributed by atoms with Gasteiger partial charge in [-0.1, -0.05) is 55.6 Å². The summed E-state index contributed by atoms with van der Waals surface area (Å²) in [5, 5.41) is 0.672. The number of ether oxygens (including phenoxy) is 1. The fraction of sp³-hybridized carbons (Fsp3) is 0.364. The van der Waals surface area contributed by atoms with Gasteiger partial charge in [-0.3, -0.25) is 4.79 Å². The molecule has 0 aliphatic carbocycles. The topological polar surface area (TPSA) is 26.3 Å². The number of rotatable bonds is 4. The fourth-order valence-electron chi connectivity index (χ4n) is 1.16. The monoisotopic (exact) mass is 368 g/mol. The molecule has 1 aromatic carbocycles. The van der Waals surface area contributed by atoms with E-state index in [1.165, 1.54) is 0 Å². The van der Waals surface area contributed by atoms with Crippen LogP contribution in [0.15, 0.2) is 24.3 Å². The van der Waals surface area contributed by atoms with Crippen LogP contribution in [0.4, 0.5) is 0 Å². The molecule has 0 N–H and O–H groups in total. The van der Waals surface area contributed by atoms with E-state index >= 15 is 0 Å². The number of carbonyl (C=O) groups excluding carboxylic acids is 1. The molecule has 0 radical (unpaired) electrons. The normalized spacial score (nSPS) is 14.2. The first-order valence-corrected chi connectivity index (χ1v) is 6.97. The van der Waals surface area contributed by atoms with E-state index in [0.717, 1.165) is 5.56 Å². The summed E-state index contributed by atoms with van der Waals surface area (Å²) in [6.45, 7) is 2.16. The summed E-state index contributed by atoms with van der Waals surface area (Å²) in [4.78, 5) is 11.0. The zero-order valence-electron chi connectivity index (χ0n) is 8.62. The van der Waals surface area contributed by atoms with Gasteiger partial charge in [-0.2, -0.15) is 0 Å². The summed E-state index contributed by atoms with van der Waals surface area (Å²) < 4.78 is 4.93. The van der Waals surface area contributed by atoms with Crippen LogP contribution in [0.3, 0.4) is 0 Å². The molecular weight excluding hydrogens is 359 g/mol. The summed E-state index contributed by atoms with van der Waals surface area (Å²) in [6, 6.07) is 7.32. The van der Waals surface area contributed by atoms with E-state index in [0.29, 0.717) is 11.6 Å². The number of carbonyl (C=O) groups is 1. The van der Waals surface area contributed by atoms with Gasteiger partial charge < -0.3 is 4.74 Å². The fourth-order valence-corrected chi connectivity index (χ4v) is 2.24. The molecule has 0 saturated heterocycles. The predicted molar refractivity (Wildman–Crippen MR) is 72.5 cm³/mol. The largest absolute Gasteiger partial charge is 0.465 e. The van der Waals surface area contributed by atoms with Gasteiger partial charge in [0.2, 0.25) is 0 Å². The van der Waals surface area contributed by atoms with Crippen molar-refractivity contribution in [3.05, 3.63) is 34.9 Å². The highest BCUT2D eigenvalue weighted by molar-refractivity contribution is 9.12.